The molecule has 148 valence electrons. The van der Waals surface area contributed by atoms with Crippen molar-refractivity contribution in [2.45, 2.75) is 116 Å². The van der Waals surface area contributed by atoms with Gasteiger partial charge < -0.3 is 0 Å². The van der Waals surface area contributed by atoms with Gasteiger partial charge in [0.05, 0.1) is 0 Å². The minimum Gasteiger partial charge on any atom is -0.250 e. The highest BCUT2D eigenvalue weighted by atomic mass is 32.2. The first kappa shape index (κ1) is 22.3. The zero-order chi connectivity index (χ0) is 18.2. The Labute approximate surface area is 155 Å². The second kappa shape index (κ2) is 14.4. The molecule has 6 heteroatoms. The molecule has 0 aromatic heterocycles. The summed E-state index contributed by atoms with van der Waals surface area (Å²) >= 11 is 0. The summed E-state index contributed by atoms with van der Waals surface area (Å²) in [6.45, 7) is 2.27. The number of hydrogen-bond donors (Lipinski definition) is 1. The Morgan fingerprint density at radius 1 is 0.720 bits per heavy atom. The van der Waals surface area contributed by atoms with Crippen molar-refractivity contribution in [3.8, 4) is 0 Å². The van der Waals surface area contributed by atoms with Crippen LogP contribution < -0.4 is 4.72 Å². The quantitative estimate of drug-likeness (QED) is 0.326. The first-order valence-corrected chi connectivity index (χ1v) is 11.8. The lowest BCUT2D eigenvalue weighted by Gasteiger charge is -2.03. The standard InChI is InChI=1S/C19H38N2O3S/c1-2-3-4-5-6-7-8-9-10-11-12-13-14-15-16-17-18-19-20-24-25(22,23)21-19/h2-18H2,1H3,(H,20,21). The van der Waals surface area contributed by atoms with E-state index in [1.807, 2.05) is 0 Å². The summed E-state index contributed by atoms with van der Waals surface area (Å²) in [7, 11) is -3.62. The van der Waals surface area contributed by atoms with Crippen LogP contribution in [0.1, 0.15) is 116 Å². The molecule has 1 rings (SSSR count). The van der Waals surface area contributed by atoms with Crippen molar-refractivity contribution < 1.29 is 12.7 Å². The number of hydrogen-bond acceptors (Lipinski definition) is 4. The Kier molecular flexibility index (Phi) is 12.8. The lowest BCUT2D eigenvalue weighted by Crippen LogP contribution is -2.23. The van der Waals surface area contributed by atoms with Gasteiger partial charge in [-0.1, -0.05) is 103 Å². The summed E-state index contributed by atoms with van der Waals surface area (Å²) in [4.78, 5) is 0. The first-order chi connectivity index (χ1) is 12.1. The van der Waals surface area contributed by atoms with Crippen molar-refractivity contribution in [1.82, 2.24) is 4.72 Å². The van der Waals surface area contributed by atoms with Crippen LogP contribution in [0.25, 0.3) is 0 Å². The van der Waals surface area contributed by atoms with Gasteiger partial charge in [0.1, 0.15) is 0 Å². The molecule has 0 amide bonds. The van der Waals surface area contributed by atoms with Crippen LogP contribution in [-0.4, -0.2) is 14.3 Å². The lowest BCUT2D eigenvalue weighted by molar-refractivity contribution is 0.350. The second-order valence-corrected chi connectivity index (χ2v) is 8.48. The van der Waals surface area contributed by atoms with E-state index in [-0.39, 0.29) is 0 Å². The molecule has 25 heavy (non-hydrogen) atoms. The number of oxime groups is 1. The third-order valence-electron chi connectivity index (χ3n) is 4.76. The van der Waals surface area contributed by atoms with E-state index in [1.54, 1.807) is 0 Å². The Balaban J connectivity index is 1.72. The van der Waals surface area contributed by atoms with Gasteiger partial charge in [-0.3, -0.25) is 4.28 Å². The van der Waals surface area contributed by atoms with Gasteiger partial charge in [-0.25, -0.2) is 4.72 Å². The third-order valence-corrected chi connectivity index (χ3v) is 5.51. The fourth-order valence-corrected chi connectivity index (χ4v) is 3.87. The largest absolute Gasteiger partial charge is 0.428 e. The van der Waals surface area contributed by atoms with Gasteiger partial charge in [0.15, 0.2) is 5.84 Å². The maximum atomic E-state index is 11.0. The molecular weight excluding hydrogens is 336 g/mol. The van der Waals surface area contributed by atoms with Crippen molar-refractivity contribution in [2.75, 3.05) is 0 Å². The topological polar surface area (TPSA) is 67.8 Å². The molecule has 1 aliphatic rings. The van der Waals surface area contributed by atoms with E-state index in [9.17, 15) is 8.42 Å². The van der Waals surface area contributed by atoms with Gasteiger partial charge in [0, 0.05) is 6.42 Å². The molecule has 0 spiro atoms. The lowest BCUT2D eigenvalue weighted by atomic mass is 10.0. The molecule has 1 N–H and O–H groups in total. The number of rotatable bonds is 17. The van der Waals surface area contributed by atoms with E-state index >= 15 is 0 Å². The SMILES string of the molecule is CCCCCCCCCCCCCCCCCCC1=NOS(=O)(=O)N1. The molecular formula is C19H38N2O3S. The van der Waals surface area contributed by atoms with E-state index in [0.717, 1.165) is 12.8 Å². The number of unbranched alkanes of at least 4 members (excludes halogenated alkanes) is 15. The van der Waals surface area contributed by atoms with Crippen molar-refractivity contribution >= 4 is 16.1 Å². The minimum atomic E-state index is -3.62. The zero-order valence-corrected chi connectivity index (χ0v) is 16.9. The average molecular weight is 375 g/mol. The fraction of sp³-hybridized carbons (Fsp3) is 0.947. The molecule has 1 aliphatic heterocycles. The Hall–Kier alpha value is -0.780. The molecule has 1 heterocycles. The van der Waals surface area contributed by atoms with Crippen LogP contribution in [0.3, 0.4) is 0 Å². The summed E-state index contributed by atoms with van der Waals surface area (Å²) in [5, 5.41) is 3.51. The van der Waals surface area contributed by atoms with Crippen LogP contribution in [0, 0.1) is 0 Å². The van der Waals surface area contributed by atoms with Crippen molar-refractivity contribution in [2.24, 2.45) is 5.16 Å². The molecule has 5 nitrogen and oxygen atoms in total. The fourth-order valence-electron chi connectivity index (χ4n) is 3.21. The van der Waals surface area contributed by atoms with Crippen molar-refractivity contribution in [3.63, 3.8) is 0 Å². The molecule has 0 aliphatic carbocycles. The van der Waals surface area contributed by atoms with Crippen molar-refractivity contribution in [3.05, 3.63) is 0 Å². The van der Waals surface area contributed by atoms with Crippen LogP contribution >= 0.6 is 0 Å². The number of nitrogens with one attached hydrogen (secondary N) is 1. The molecule has 0 radical (unpaired) electrons. The molecule has 0 aromatic carbocycles. The molecule has 0 bridgehead atoms. The van der Waals surface area contributed by atoms with E-state index < -0.39 is 10.3 Å². The Morgan fingerprint density at radius 2 is 1.12 bits per heavy atom. The summed E-state index contributed by atoms with van der Waals surface area (Å²) in [6, 6.07) is 0. The molecule has 0 aromatic rings. The Bertz CT molecular complexity index is 450. The van der Waals surface area contributed by atoms with Crippen LogP contribution in [0.15, 0.2) is 5.16 Å². The highest BCUT2D eigenvalue weighted by Gasteiger charge is 2.21. The monoisotopic (exact) mass is 374 g/mol. The summed E-state index contributed by atoms with van der Waals surface area (Å²) in [6.07, 6.45) is 22.0. The van der Waals surface area contributed by atoms with Gasteiger partial charge in [0.2, 0.25) is 0 Å². The van der Waals surface area contributed by atoms with Crippen LogP contribution in [0.4, 0.5) is 0 Å². The highest BCUT2D eigenvalue weighted by molar-refractivity contribution is 7.85. The predicted molar refractivity (Wildman–Crippen MR) is 105 cm³/mol. The summed E-state index contributed by atoms with van der Waals surface area (Å²) < 4.78 is 28.5. The van der Waals surface area contributed by atoms with E-state index in [2.05, 4.69) is 21.1 Å². The summed E-state index contributed by atoms with van der Waals surface area (Å²) in [5.74, 6) is 0.436. The number of nitrogens with zero attached hydrogens (tertiary/aromatic N) is 1. The smallest absolute Gasteiger partial charge is 0.250 e. The molecule has 0 unspecified atom stereocenters. The minimum absolute atomic E-state index is 0.436. The van der Waals surface area contributed by atoms with E-state index in [1.165, 1.54) is 89.9 Å². The summed E-state index contributed by atoms with van der Waals surface area (Å²) in [5.41, 5.74) is 0. The van der Waals surface area contributed by atoms with Gasteiger partial charge in [-0.05, 0) is 11.6 Å². The number of amidine groups is 1. The Morgan fingerprint density at radius 3 is 1.48 bits per heavy atom. The van der Waals surface area contributed by atoms with Gasteiger partial charge >= 0.3 is 10.3 Å². The molecule has 0 atom stereocenters. The normalized spacial score (nSPS) is 15.6. The van der Waals surface area contributed by atoms with Crippen LogP contribution in [0.5, 0.6) is 0 Å². The van der Waals surface area contributed by atoms with Crippen LogP contribution in [-0.2, 0) is 14.6 Å². The van der Waals surface area contributed by atoms with Crippen molar-refractivity contribution in [1.29, 1.82) is 0 Å². The predicted octanol–water partition coefficient (Wildman–Crippen LogP) is 5.82. The van der Waals surface area contributed by atoms with Gasteiger partial charge in [-0.15, -0.1) is 0 Å². The highest BCUT2D eigenvalue weighted by Crippen LogP contribution is 2.14. The molecule has 0 saturated carbocycles. The zero-order valence-electron chi connectivity index (χ0n) is 16.1. The second-order valence-electron chi connectivity index (χ2n) is 7.22. The van der Waals surface area contributed by atoms with Gasteiger partial charge in [-0.2, -0.15) is 8.42 Å². The maximum absolute atomic E-state index is 11.0. The molecule has 0 fully saturated rings. The maximum Gasteiger partial charge on any atom is 0.428 e. The van der Waals surface area contributed by atoms with Crippen LogP contribution in [0.2, 0.25) is 0 Å². The average Bonchev–Trinajstić information content (AvgIpc) is 2.93. The van der Waals surface area contributed by atoms with E-state index in [4.69, 9.17) is 0 Å². The van der Waals surface area contributed by atoms with Gasteiger partial charge in [0.25, 0.3) is 0 Å². The molecule has 0 saturated heterocycles. The van der Waals surface area contributed by atoms with E-state index in [0.29, 0.717) is 12.3 Å². The first-order valence-electron chi connectivity index (χ1n) is 10.4. The third kappa shape index (κ3) is 13.1.